The van der Waals surface area contributed by atoms with Gasteiger partial charge in [0.15, 0.2) is 0 Å². The molecule has 80 valence electrons. The van der Waals surface area contributed by atoms with Crippen molar-refractivity contribution in [2.45, 2.75) is 6.92 Å². The van der Waals surface area contributed by atoms with Gasteiger partial charge in [-0.1, -0.05) is 23.2 Å². The van der Waals surface area contributed by atoms with Crippen LogP contribution in [-0.2, 0) is 0 Å². The minimum atomic E-state index is -1.36. The van der Waals surface area contributed by atoms with Crippen molar-refractivity contribution in [1.29, 1.82) is 0 Å². The fraction of sp³-hybridized carbons (Fsp3) is 0.125. The lowest BCUT2D eigenvalue weighted by atomic mass is 10.1. The molecule has 0 saturated heterocycles. The highest BCUT2D eigenvalue weighted by molar-refractivity contribution is 6.38. The Labute approximate surface area is 94.4 Å². The van der Waals surface area contributed by atoms with E-state index in [2.05, 4.69) is 0 Å². The van der Waals surface area contributed by atoms with Crippen LogP contribution in [0.2, 0.25) is 10.0 Å². The van der Waals surface area contributed by atoms with Crippen LogP contribution in [0.15, 0.2) is 6.07 Å². The van der Waals surface area contributed by atoms with Crippen LogP contribution in [0.5, 0.6) is 0 Å². The number of carboxylic acids is 1. The zero-order valence-corrected chi connectivity index (χ0v) is 8.96. The standard InChI is InChI=1S/C8H5Cl2NO4/c1-3-5(9)2-4(8(12)13)6(10)7(3)11(14)15/h2H,1H3,(H,12,13). The minimum absolute atomic E-state index is 0.00324. The molecule has 7 heteroatoms. The molecule has 0 aliphatic heterocycles. The number of rotatable bonds is 2. The van der Waals surface area contributed by atoms with E-state index < -0.39 is 21.6 Å². The molecule has 5 nitrogen and oxygen atoms in total. The van der Waals surface area contributed by atoms with Gasteiger partial charge in [-0.2, -0.15) is 0 Å². The maximum Gasteiger partial charge on any atom is 0.337 e. The second kappa shape index (κ2) is 4.04. The summed E-state index contributed by atoms with van der Waals surface area (Å²) < 4.78 is 0. The molecular formula is C8H5Cl2NO4. The molecule has 0 aliphatic carbocycles. The lowest BCUT2D eigenvalue weighted by Gasteiger charge is -2.05. The molecule has 0 aliphatic rings. The molecule has 1 aromatic carbocycles. The minimum Gasteiger partial charge on any atom is -0.478 e. The van der Waals surface area contributed by atoms with Crippen LogP contribution in [0, 0.1) is 17.0 Å². The summed E-state index contributed by atoms with van der Waals surface area (Å²) in [6, 6.07) is 1.09. The molecule has 0 unspecified atom stereocenters. The van der Waals surface area contributed by atoms with Crippen LogP contribution in [-0.4, -0.2) is 16.0 Å². The maximum atomic E-state index is 10.7. The van der Waals surface area contributed by atoms with Gasteiger partial charge < -0.3 is 5.11 Å². The Morgan fingerprint density at radius 3 is 2.47 bits per heavy atom. The van der Waals surface area contributed by atoms with Crippen LogP contribution in [0.1, 0.15) is 15.9 Å². The number of carbonyl (C=O) groups is 1. The third-order valence-electron chi connectivity index (χ3n) is 1.84. The van der Waals surface area contributed by atoms with Gasteiger partial charge in [0.25, 0.3) is 5.69 Å². The molecule has 0 heterocycles. The number of hydrogen-bond acceptors (Lipinski definition) is 3. The quantitative estimate of drug-likeness (QED) is 0.646. The fourth-order valence-corrected chi connectivity index (χ4v) is 1.62. The van der Waals surface area contributed by atoms with Crippen molar-refractivity contribution < 1.29 is 14.8 Å². The highest BCUT2D eigenvalue weighted by Gasteiger charge is 2.25. The lowest BCUT2D eigenvalue weighted by Crippen LogP contribution is -2.02. The molecule has 0 spiro atoms. The van der Waals surface area contributed by atoms with Crippen LogP contribution in [0.25, 0.3) is 0 Å². The Morgan fingerprint density at radius 2 is 2.07 bits per heavy atom. The van der Waals surface area contributed by atoms with Crippen molar-refractivity contribution in [3.8, 4) is 0 Å². The molecular weight excluding hydrogens is 245 g/mol. The van der Waals surface area contributed by atoms with E-state index in [-0.39, 0.29) is 16.1 Å². The SMILES string of the molecule is Cc1c(Cl)cc(C(=O)O)c(Cl)c1[N+](=O)[O-]. The van der Waals surface area contributed by atoms with Crippen molar-refractivity contribution in [3.05, 3.63) is 37.4 Å². The predicted octanol–water partition coefficient (Wildman–Crippen LogP) is 2.91. The number of carboxylic acid groups (broad SMARTS) is 1. The molecule has 0 amide bonds. The summed E-state index contributed by atoms with van der Waals surface area (Å²) in [5.74, 6) is -1.36. The topological polar surface area (TPSA) is 80.4 Å². The predicted molar refractivity (Wildman–Crippen MR) is 54.8 cm³/mol. The number of nitrogens with zero attached hydrogens (tertiary/aromatic N) is 1. The second-order valence-electron chi connectivity index (χ2n) is 2.76. The molecule has 15 heavy (non-hydrogen) atoms. The Hall–Kier alpha value is -1.33. The molecule has 1 rings (SSSR count). The summed E-state index contributed by atoms with van der Waals surface area (Å²) in [4.78, 5) is 20.6. The van der Waals surface area contributed by atoms with Crippen LogP contribution >= 0.6 is 23.2 Å². The summed E-state index contributed by atoms with van der Waals surface area (Å²) in [5.41, 5.74) is -0.697. The van der Waals surface area contributed by atoms with Crippen LogP contribution in [0.4, 0.5) is 5.69 Å². The lowest BCUT2D eigenvalue weighted by molar-refractivity contribution is -0.385. The van der Waals surface area contributed by atoms with Gasteiger partial charge in [0, 0.05) is 5.56 Å². The van der Waals surface area contributed by atoms with E-state index in [9.17, 15) is 14.9 Å². The molecule has 1 aromatic rings. The zero-order valence-electron chi connectivity index (χ0n) is 7.45. The van der Waals surface area contributed by atoms with Gasteiger partial charge in [-0.3, -0.25) is 10.1 Å². The second-order valence-corrected chi connectivity index (χ2v) is 3.54. The Balaban J connectivity index is 3.63. The van der Waals surface area contributed by atoms with E-state index in [1.807, 2.05) is 0 Å². The summed E-state index contributed by atoms with van der Waals surface area (Å²) in [6.45, 7) is 1.40. The Bertz CT molecular complexity index is 458. The highest BCUT2D eigenvalue weighted by Crippen LogP contribution is 2.36. The van der Waals surface area contributed by atoms with Crippen molar-refractivity contribution in [2.75, 3.05) is 0 Å². The smallest absolute Gasteiger partial charge is 0.337 e. The van der Waals surface area contributed by atoms with Crippen molar-refractivity contribution in [2.24, 2.45) is 0 Å². The van der Waals surface area contributed by atoms with E-state index in [1.54, 1.807) is 0 Å². The van der Waals surface area contributed by atoms with Gasteiger partial charge in [-0.25, -0.2) is 4.79 Å². The van der Waals surface area contributed by atoms with E-state index in [0.717, 1.165) is 6.07 Å². The normalized spacial score (nSPS) is 10.1. The monoisotopic (exact) mass is 249 g/mol. The van der Waals surface area contributed by atoms with Gasteiger partial charge in [-0.15, -0.1) is 0 Å². The Kier molecular flexibility index (Phi) is 3.16. The van der Waals surface area contributed by atoms with E-state index >= 15 is 0 Å². The van der Waals surface area contributed by atoms with E-state index in [4.69, 9.17) is 28.3 Å². The number of nitro benzene ring substituents is 1. The van der Waals surface area contributed by atoms with Gasteiger partial charge in [0.05, 0.1) is 15.5 Å². The average molecular weight is 250 g/mol. The van der Waals surface area contributed by atoms with Gasteiger partial charge in [-0.05, 0) is 13.0 Å². The largest absolute Gasteiger partial charge is 0.478 e. The summed E-state index contributed by atoms with van der Waals surface area (Å²) in [7, 11) is 0. The molecule has 1 N–H and O–H groups in total. The first-order chi connectivity index (χ1) is 6.86. The first kappa shape index (κ1) is 11.7. The molecule has 0 bridgehead atoms. The number of benzene rings is 1. The fourth-order valence-electron chi connectivity index (χ4n) is 1.08. The molecule has 0 aromatic heterocycles. The molecule has 0 saturated carbocycles. The first-order valence-electron chi connectivity index (χ1n) is 3.72. The van der Waals surface area contributed by atoms with E-state index in [1.165, 1.54) is 6.92 Å². The third-order valence-corrected chi connectivity index (χ3v) is 2.62. The van der Waals surface area contributed by atoms with Crippen molar-refractivity contribution >= 4 is 34.9 Å². The highest BCUT2D eigenvalue weighted by atomic mass is 35.5. The molecule has 0 atom stereocenters. The van der Waals surface area contributed by atoms with Crippen molar-refractivity contribution in [3.63, 3.8) is 0 Å². The summed E-state index contributed by atoms with van der Waals surface area (Å²) in [5, 5.41) is 19.0. The number of hydrogen-bond donors (Lipinski definition) is 1. The molecule has 0 fully saturated rings. The molecule has 0 radical (unpaired) electrons. The summed E-state index contributed by atoms with van der Waals surface area (Å²) in [6.07, 6.45) is 0. The average Bonchev–Trinajstić information content (AvgIpc) is 2.10. The van der Waals surface area contributed by atoms with E-state index in [0.29, 0.717) is 0 Å². The van der Waals surface area contributed by atoms with Gasteiger partial charge in [0.1, 0.15) is 5.02 Å². The van der Waals surface area contributed by atoms with Gasteiger partial charge in [0.2, 0.25) is 0 Å². The van der Waals surface area contributed by atoms with Crippen LogP contribution < -0.4 is 0 Å². The third kappa shape index (κ3) is 2.03. The zero-order chi connectivity index (χ0) is 11.7. The van der Waals surface area contributed by atoms with Crippen LogP contribution in [0.3, 0.4) is 0 Å². The number of nitro groups is 1. The summed E-state index contributed by atoms with van der Waals surface area (Å²) >= 11 is 11.2. The number of aromatic carboxylic acids is 1. The first-order valence-corrected chi connectivity index (χ1v) is 4.48. The maximum absolute atomic E-state index is 10.7. The van der Waals surface area contributed by atoms with Gasteiger partial charge >= 0.3 is 5.97 Å². The van der Waals surface area contributed by atoms with Crippen molar-refractivity contribution in [1.82, 2.24) is 0 Å². The number of halogens is 2. The Morgan fingerprint density at radius 1 is 1.53 bits per heavy atom.